The summed E-state index contributed by atoms with van der Waals surface area (Å²) in [4.78, 5) is 25.7. The average molecular weight is 474 g/mol. The van der Waals surface area contributed by atoms with Gasteiger partial charge in [-0.25, -0.2) is 0 Å². The Morgan fingerprint density at radius 3 is 2.14 bits per heavy atom. The predicted octanol–water partition coefficient (Wildman–Crippen LogP) is 5.49. The number of ether oxygens (including phenoxy) is 2. The van der Waals surface area contributed by atoms with Crippen LogP contribution in [0.4, 0.5) is 0 Å². The summed E-state index contributed by atoms with van der Waals surface area (Å²) in [6.07, 6.45) is 0.942. The molecule has 5 heteroatoms. The van der Waals surface area contributed by atoms with Crippen LogP contribution in [-0.4, -0.2) is 31.1 Å². The van der Waals surface area contributed by atoms with Crippen LogP contribution in [0.15, 0.2) is 78.9 Å². The number of aryl methyl sites for hydroxylation is 1. The average Bonchev–Trinajstić information content (AvgIpc) is 2.87. The van der Waals surface area contributed by atoms with Crippen LogP contribution in [0.1, 0.15) is 37.0 Å². The molecule has 0 amide bonds. The van der Waals surface area contributed by atoms with Crippen molar-refractivity contribution in [2.24, 2.45) is 5.92 Å². The zero-order valence-corrected chi connectivity index (χ0v) is 21.0. The summed E-state index contributed by atoms with van der Waals surface area (Å²) in [5, 5.41) is 3.24. The third-order valence-electron chi connectivity index (χ3n) is 5.86. The Hall–Kier alpha value is -3.44. The first-order chi connectivity index (χ1) is 16.9. The summed E-state index contributed by atoms with van der Waals surface area (Å²) >= 11 is 0. The first-order valence-corrected chi connectivity index (χ1v) is 12.1. The van der Waals surface area contributed by atoms with Crippen molar-refractivity contribution in [3.63, 3.8) is 0 Å². The zero-order chi connectivity index (χ0) is 25.2. The molecule has 3 aromatic carbocycles. The van der Waals surface area contributed by atoms with E-state index in [2.05, 4.69) is 48.6 Å². The predicted molar refractivity (Wildman–Crippen MR) is 139 cm³/mol. The van der Waals surface area contributed by atoms with Gasteiger partial charge in [0.15, 0.2) is 0 Å². The SMILES string of the molecule is COC(=O)[C@H](Cc1cccc(-c2ccc(C)cc2)c1)N[C@@H](CC(C)C)C(=O)OCc1ccccc1. The molecule has 0 aromatic heterocycles. The van der Waals surface area contributed by atoms with E-state index >= 15 is 0 Å². The number of methoxy groups -OCH3 is 1. The molecule has 0 saturated carbocycles. The minimum Gasteiger partial charge on any atom is -0.468 e. The number of benzene rings is 3. The molecule has 3 rings (SSSR count). The van der Waals surface area contributed by atoms with Crippen LogP contribution < -0.4 is 5.32 Å². The van der Waals surface area contributed by atoms with Crippen molar-refractivity contribution >= 4 is 11.9 Å². The van der Waals surface area contributed by atoms with Crippen molar-refractivity contribution in [2.45, 2.75) is 52.3 Å². The van der Waals surface area contributed by atoms with Crippen molar-refractivity contribution in [1.29, 1.82) is 0 Å². The van der Waals surface area contributed by atoms with Gasteiger partial charge in [-0.1, -0.05) is 98.3 Å². The van der Waals surface area contributed by atoms with E-state index in [1.165, 1.54) is 12.7 Å². The number of carbonyl (C=O) groups excluding carboxylic acids is 2. The normalized spacial score (nSPS) is 12.7. The molecule has 1 N–H and O–H groups in total. The van der Waals surface area contributed by atoms with Gasteiger partial charge in [-0.3, -0.25) is 14.9 Å². The van der Waals surface area contributed by atoms with Gasteiger partial charge in [-0.2, -0.15) is 0 Å². The van der Waals surface area contributed by atoms with Crippen molar-refractivity contribution in [3.05, 3.63) is 95.6 Å². The largest absolute Gasteiger partial charge is 0.468 e. The van der Waals surface area contributed by atoms with Crippen LogP contribution in [0.2, 0.25) is 0 Å². The molecule has 0 saturated heterocycles. The summed E-state index contributed by atoms with van der Waals surface area (Å²) in [7, 11) is 1.37. The van der Waals surface area contributed by atoms with Crippen LogP contribution in [0.3, 0.4) is 0 Å². The number of esters is 2. The summed E-state index contributed by atoms with van der Waals surface area (Å²) in [5.74, 6) is -0.542. The molecular formula is C30H35NO4. The van der Waals surface area contributed by atoms with Crippen LogP contribution in [0.5, 0.6) is 0 Å². The molecule has 2 atom stereocenters. The van der Waals surface area contributed by atoms with Crippen molar-refractivity contribution in [2.75, 3.05) is 7.11 Å². The highest BCUT2D eigenvalue weighted by atomic mass is 16.5. The third-order valence-corrected chi connectivity index (χ3v) is 5.86. The fraction of sp³-hybridized carbons (Fsp3) is 0.333. The Morgan fingerprint density at radius 2 is 1.49 bits per heavy atom. The zero-order valence-electron chi connectivity index (χ0n) is 21.0. The topological polar surface area (TPSA) is 64.6 Å². The number of carbonyl (C=O) groups is 2. The molecular weight excluding hydrogens is 438 g/mol. The Bertz CT molecular complexity index is 1090. The van der Waals surface area contributed by atoms with Crippen molar-refractivity contribution in [3.8, 4) is 11.1 Å². The molecule has 0 bridgehead atoms. The van der Waals surface area contributed by atoms with Gasteiger partial charge in [-0.15, -0.1) is 0 Å². The van der Waals surface area contributed by atoms with E-state index in [1.807, 2.05) is 56.3 Å². The molecule has 0 radical (unpaired) electrons. The van der Waals surface area contributed by atoms with E-state index in [9.17, 15) is 9.59 Å². The lowest BCUT2D eigenvalue weighted by Gasteiger charge is -2.24. The van der Waals surface area contributed by atoms with Gasteiger partial charge in [0.1, 0.15) is 18.7 Å². The fourth-order valence-electron chi connectivity index (χ4n) is 3.99. The maximum atomic E-state index is 13.0. The first kappa shape index (κ1) is 26.2. The fourth-order valence-corrected chi connectivity index (χ4v) is 3.99. The number of hydrogen-bond acceptors (Lipinski definition) is 5. The monoisotopic (exact) mass is 473 g/mol. The molecule has 35 heavy (non-hydrogen) atoms. The van der Waals surface area contributed by atoms with Gasteiger partial charge in [0, 0.05) is 0 Å². The van der Waals surface area contributed by atoms with E-state index in [0.717, 1.165) is 22.3 Å². The molecule has 0 spiro atoms. The molecule has 3 aromatic rings. The van der Waals surface area contributed by atoms with E-state index in [0.29, 0.717) is 12.8 Å². The van der Waals surface area contributed by atoms with Gasteiger partial charge in [0.25, 0.3) is 0 Å². The second-order valence-electron chi connectivity index (χ2n) is 9.29. The van der Waals surface area contributed by atoms with Crippen LogP contribution >= 0.6 is 0 Å². The maximum Gasteiger partial charge on any atom is 0.323 e. The molecule has 0 aliphatic rings. The van der Waals surface area contributed by atoms with Gasteiger partial charge in [0.05, 0.1) is 7.11 Å². The summed E-state index contributed by atoms with van der Waals surface area (Å²) in [6.45, 7) is 6.33. The number of rotatable bonds is 11. The molecule has 0 aliphatic carbocycles. The Morgan fingerprint density at radius 1 is 0.800 bits per heavy atom. The van der Waals surface area contributed by atoms with Crippen molar-refractivity contribution < 1.29 is 19.1 Å². The van der Waals surface area contributed by atoms with E-state index in [1.54, 1.807) is 0 Å². The second-order valence-corrected chi connectivity index (χ2v) is 9.29. The maximum absolute atomic E-state index is 13.0. The Balaban J connectivity index is 1.75. The minimum absolute atomic E-state index is 0.192. The van der Waals surface area contributed by atoms with Gasteiger partial charge in [-0.05, 0) is 47.9 Å². The molecule has 0 unspecified atom stereocenters. The lowest BCUT2D eigenvalue weighted by molar-refractivity contribution is -0.149. The Labute approximate surface area is 208 Å². The van der Waals surface area contributed by atoms with Gasteiger partial charge < -0.3 is 9.47 Å². The van der Waals surface area contributed by atoms with Gasteiger partial charge in [0.2, 0.25) is 0 Å². The summed E-state index contributed by atoms with van der Waals surface area (Å²) in [5.41, 5.74) is 5.29. The summed E-state index contributed by atoms with van der Waals surface area (Å²) < 4.78 is 10.7. The van der Waals surface area contributed by atoms with Gasteiger partial charge >= 0.3 is 11.9 Å². The molecule has 5 nitrogen and oxygen atoms in total. The standard InChI is InChI=1S/C30H35NO4/c1-21(2)17-27(30(33)35-20-23-9-6-5-7-10-23)31-28(29(32)34-4)19-24-11-8-12-26(18-24)25-15-13-22(3)14-16-25/h5-16,18,21,27-28,31H,17,19-20H2,1-4H3/t27-,28-/m0/s1. The molecule has 0 aliphatic heterocycles. The lowest BCUT2D eigenvalue weighted by Crippen LogP contribution is -2.49. The third kappa shape index (κ3) is 8.08. The van der Waals surface area contributed by atoms with Crippen LogP contribution in [0, 0.1) is 12.8 Å². The second kappa shape index (κ2) is 12.9. The van der Waals surface area contributed by atoms with Crippen LogP contribution in [0.25, 0.3) is 11.1 Å². The van der Waals surface area contributed by atoms with E-state index in [4.69, 9.17) is 9.47 Å². The molecule has 0 heterocycles. The van der Waals surface area contributed by atoms with E-state index in [-0.39, 0.29) is 18.5 Å². The summed E-state index contributed by atoms with van der Waals surface area (Å²) in [6, 6.07) is 24.7. The number of nitrogens with one attached hydrogen (secondary N) is 1. The highest BCUT2D eigenvalue weighted by Gasteiger charge is 2.29. The molecule has 184 valence electrons. The smallest absolute Gasteiger partial charge is 0.323 e. The minimum atomic E-state index is -0.679. The van der Waals surface area contributed by atoms with Crippen molar-refractivity contribution in [1.82, 2.24) is 5.32 Å². The van der Waals surface area contributed by atoms with E-state index < -0.39 is 18.1 Å². The highest BCUT2D eigenvalue weighted by molar-refractivity contribution is 5.80. The van der Waals surface area contributed by atoms with Crippen LogP contribution in [-0.2, 0) is 32.1 Å². The lowest BCUT2D eigenvalue weighted by atomic mass is 9.97. The quantitative estimate of drug-likeness (QED) is 0.373. The number of hydrogen-bond donors (Lipinski definition) is 1. The Kier molecular flexibility index (Phi) is 9.62. The molecule has 0 fully saturated rings. The highest BCUT2D eigenvalue weighted by Crippen LogP contribution is 2.22. The first-order valence-electron chi connectivity index (χ1n) is 12.1.